The summed E-state index contributed by atoms with van der Waals surface area (Å²) in [6.45, 7) is 3.82. The highest BCUT2D eigenvalue weighted by atomic mass is 32.2. The monoisotopic (exact) mass is 140 g/mol. The first-order chi connectivity index (χ1) is 4.20. The molecule has 0 aromatic carbocycles. The Morgan fingerprint density at radius 1 is 1.44 bits per heavy atom. The number of thioether (sulfide) groups is 1. The zero-order chi connectivity index (χ0) is 6.85. The van der Waals surface area contributed by atoms with Crippen molar-refractivity contribution in [3.8, 4) is 0 Å². The third kappa shape index (κ3) is 1.45. The number of nitrogens with zero attached hydrogens (tertiary/aromatic N) is 1. The van der Waals surface area contributed by atoms with Crippen molar-refractivity contribution in [1.29, 1.82) is 0 Å². The van der Waals surface area contributed by atoms with E-state index in [0.29, 0.717) is 0 Å². The zero-order valence-corrected chi connectivity index (χ0v) is 6.53. The number of hydrogen-bond acceptors (Lipinski definition) is 1. The molecule has 48 valence electrons. The van der Waals surface area contributed by atoms with Crippen LogP contribution in [0.2, 0.25) is 0 Å². The fourth-order valence-electron chi connectivity index (χ4n) is 0.607. The summed E-state index contributed by atoms with van der Waals surface area (Å²) in [5, 5.41) is 1.26. The van der Waals surface area contributed by atoms with Crippen LogP contribution in [-0.4, -0.2) is 23.7 Å². The lowest BCUT2D eigenvalue weighted by atomic mass is 10.5. The van der Waals surface area contributed by atoms with Gasteiger partial charge in [-0.25, -0.2) is 4.58 Å². The second-order valence-electron chi connectivity index (χ2n) is 2.13. The van der Waals surface area contributed by atoms with Crippen LogP contribution in [0.15, 0.2) is 23.6 Å². The molecule has 0 spiro atoms. The molecule has 0 radical (unpaired) electrons. The van der Waals surface area contributed by atoms with Crippen LogP contribution < -0.4 is 0 Å². The van der Waals surface area contributed by atoms with Crippen molar-refractivity contribution in [2.24, 2.45) is 0 Å². The lowest BCUT2D eigenvalue weighted by Gasteiger charge is -1.88. The Morgan fingerprint density at radius 3 is 2.33 bits per heavy atom. The maximum Gasteiger partial charge on any atom is 0.239 e. The Bertz CT molecular complexity index is 197. The Morgan fingerprint density at radius 2 is 2.11 bits per heavy atom. The van der Waals surface area contributed by atoms with Crippen LogP contribution >= 0.6 is 11.8 Å². The van der Waals surface area contributed by atoms with Gasteiger partial charge < -0.3 is 0 Å². The van der Waals surface area contributed by atoms with E-state index in [1.54, 1.807) is 11.8 Å². The van der Waals surface area contributed by atoms with Crippen molar-refractivity contribution in [3.63, 3.8) is 0 Å². The molecule has 1 aliphatic rings. The SMILES string of the molecule is C=C1C=CC(=[N+](C)C)S1. The molecule has 0 aromatic rings. The van der Waals surface area contributed by atoms with Gasteiger partial charge in [-0.2, -0.15) is 0 Å². The van der Waals surface area contributed by atoms with Crippen LogP contribution in [0.25, 0.3) is 0 Å². The summed E-state index contributed by atoms with van der Waals surface area (Å²) >= 11 is 1.71. The third-order valence-electron chi connectivity index (χ3n) is 1.09. The minimum absolute atomic E-state index is 1.12. The Hall–Kier alpha value is -0.500. The van der Waals surface area contributed by atoms with Crippen molar-refractivity contribution in [2.45, 2.75) is 0 Å². The predicted molar refractivity (Wildman–Crippen MR) is 43.0 cm³/mol. The van der Waals surface area contributed by atoms with Crippen molar-refractivity contribution in [1.82, 2.24) is 0 Å². The fraction of sp³-hybridized carbons (Fsp3) is 0.286. The summed E-state index contributed by atoms with van der Waals surface area (Å²) < 4.78 is 2.08. The van der Waals surface area contributed by atoms with Crippen LogP contribution in [-0.2, 0) is 0 Å². The van der Waals surface area contributed by atoms with Crippen LogP contribution in [0.5, 0.6) is 0 Å². The topological polar surface area (TPSA) is 3.01 Å². The lowest BCUT2D eigenvalue weighted by molar-refractivity contribution is -0.460. The average Bonchev–Trinajstić information content (AvgIpc) is 2.14. The molecule has 0 aliphatic carbocycles. The van der Waals surface area contributed by atoms with Crippen molar-refractivity contribution in [3.05, 3.63) is 23.6 Å². The summed E-state index contributed by atoms with van der Waals surface area (Å²) in [7, 11) is 4.07. The highest BCUT2D eigenvalue weighted by Crippen LogP contribution is 2.23. The van der Waals surface area contributed by atoms with Gasteiger partial charge >= 0.3 is 0 Å². The van der Waals surface area contributed by atoms with Gasteiger partial charge in [0.2, 0.25) is 5.04 Å². The van der Waals surface area contributed by atoms with E-state index < -0.39 is 0 Å². The van der Waals surface area contributed by atoms with Gasteiger partial charge in [0.15, 0.2) is 0 Å². The highest BCUT2D eigenvalue weighted by Gasteiger charge is 2.11. The number of hydrogen-bond donors (Lipinski definition) is 0. The molecule has 2 heteroatoms. The van der Waals surface area contributed by atoms with E-state index in [4.69, 9.17) is 0 Å². The van der Waals surface area contributed by atoms with Gasteiger partial charge in [0.05, 0.1) is 0 Å². The molecular formula is C7H10NS+. The minimum atomic E-state index is 1.12. The third-order valence-corrected chi connectivity index (χ3v) is 2.20. The first kappa shape index (κ1) is 6.62. The standard InChI is InChI=1S/C7H10NS/c1-6-4-5-7(9-6)8(2)3/h4-5H,1H2,2-3H3/q+1. The summed E-state index contributed by atoms with van der Waals surface area (Å²) in [6, 6.07) is 0. The van der Waals surface area contributed by atoms with E-state index in [1.165, 1.54) is 5.04 Å². The molecule has 0 unspecified atom stereocenters. The van der Waals surface area contributed by atoms with Gasteiger partial charge in [-0.05, 0) is 17.8 Å². The maximum atomic E-state index is 3.82. The van der Waals surface area contributed by atoms with Crippen LogP contribution in [0.1, 0.15) is 0 Å². The van der Waals surface area contributed by atoms with Gasteiger partial charge in [0, 0.05) is 11.0 Å². The molecule has 0 N–H and O–H groups in total. The molecule has 0 amide bonds. The minimum Gasteiger partial charge on any atom is -0.229 e. The highest BCUT2D eigenvalue weighted by molar-refractivity contribution is 8.17. The van der Waals surface area contributed by atoms with Crippen LogP contribution in [0.3, 0.4) is 0 Å². The van der Waals surface area contributed by atoms with E-state index in [-0.39, 0.29) is 0 Å². The van der Waals surface area contributed by atoms with Gasteiger partial charge in [-0.3, -0.25) is 0 Å². The first-order valence-electron chi connectivity index (χ1n) is 2.79. The second-order valence-corrected chi connectivity index (χ2v) is 3.28. The molecule has 0 saturated carbocycles. The lowest BCUT2D eigenvalue weighted by Crippen LogP contribution is -2.03. The predicted octanol–water partition coefficient (Wildman–Crippen LogP) is 1.47. The molecule has 0 fully saturated rings. The van der Waals surface area contributed by atoms with Gasteiger partial charge in [0.25, 0.3) is 0 Å². The zero-order valence-electron chi connectivity index (χ0n) is 5.72. The molecule has 0 aromatic heterocycles. The van der Waals surface area contributed by atoms with E-state index in [1.807, 2.05) is 20.2 Å². The van der Waals surface area contributed by atoms with Crippen molar-refractivity contribution < 1.29 is 4.58 Å². The number of rotatable bonds is 0. The van der Waals surface area contributed by atoms with E-state index in [9.17, 15) is 0 Å². The van der Waals surface area contributed by atoms with E-state index in [0.717, 1.165) is 4.91 Å². The molecule has 1 heterocycles. The molecule has 0 bridgehead atoms. The van der Waals surface area contributed by atoms with Gasteiger partial charge in [0.1, 0.15) is 14.1 Å². The quantitative estimate of drug-likeness (QED) is 0.460. The van der Waals surface area contributed by atoms with Crippen LogP contribution in [0, 0.1) is 0 Å². The molecule has 9 heavy (non-hydrogen) atoms. The summed E-state index contributed by atoms with van der Waals surface area (Å²) in [5.74, 6) is 0. The second kappa shape index (κ2) is 2.40. The average molecular weight is 140 g/mol. The summed E-state index contributed by atoms with van der Waals surface area (Å²) in [6.07, 6.45) is 4.10. The Balaban J connectivity index is 2.83. The molecule has 1 rings (SSSR count). The van der Waals surface area contributed by atoms with Crippen molar-refractivity contribution in [2.75, 3.05) is 14.1 Å². The molecule has 1 aliphatic heterocycles. The molecule has 0 saturated heterocycles. The van der Waals surface area contributed by atoms with Gasteiger partial charge in [-0.1, -0.05) is 6.58 Å². The largest absolute Gasteiger partial charge is 0.239 e. The van der Waals surface area contributed by atoms with E-state index >= 15 is 0 Å². The molecule has 0 atom stereocenters. The van der Waals surface area contributed by atoms with E-state index in [2.05, 4.69) is 17.2 Å². The number of allylic oxidation sites excluding steroid dienone is 1. The Kier molecular flexibility index (Phi) is 1.76. The smallest absolute Gasteiger partial charge is 0.229 e. The Labute approximate surface area is 59.8 Å². The molecule has 1 nitrogen and oxygen atoms in total. The fourth-order valence-corrected chi connectivity index (χ4v) is 1.33. The summed E-state index contributed by atoms with van der Waals surface area (Å²) in [4.78, 5) is 1.12. The maximum absolute atomic E-state index is 3.82. The normalized spacial score (nSPS) is 17.1. The first-order valence-corrected chi connectivity index (χ1v) is 3.61. The molecular weight excluding hydrogens is 130 g/mol. The van der Waals surface area contributed by atoms with Crippen molar-refractivity contribution >= 4 is 16.8 Å². The van der Waals surface area contributed by atoms with Crippen LogP contribution in [0.4, 0.5) is 0 Å². The van der Waals surface area contributed by atoms with Gasteiger partial charge in [-0.15, -0.1) is 0 Å². The summed E-state index contributed by atoms with van der Waals surface area (Å²) in [5.41, 5.74) is 0.